The molecule has 1 atom stereocenters. The summed E-state index contributed by atoms with van der Waals surface area (Å²) in [6, 6.07) is 2.88. The van der Waals surface area contributed by atoms with Gasteiger partial charge < -0.3 is 5.32 Å². The van der Waals surface area contributed by atoms with E-state index in [1.54, 1.807) is 0 Å². The van der Waals surface area contributed by atoms with Crippen molar-refractivity contribution in [3.05, 3.63) is 0 Å². The predicted molar refractivity (Wildman–Crippen MR) is 67.3 cm³/mol. The van der Waals surface area contributed by atoms with Gasteiger partial charge in [0.05, 0.1) is 12.6 Å². The van der Waals surface area contributed by atoms with Gasteiger partial charge in [-0.3, -0.25) is 9.69 Å². The van der Waals surface area contributed by atoms with Gasteiger partial charge >= 0.3 is 0 Å². The van der Waals surface area contributed by atoms with Gasteiger partial charge in [-0.2, -0.15) is 5.26 Å². The fraction of sp³-hybridized carbons (Fsp3) is 0.846. The van der Waals surface area contributed by atoms with Crippen LogP contribution in [0.15, 0.2) is 0 Å². The lowest BCUT2D eigenvalue weighted by molar-refractivity contribution is -0.123. The highest BCUT2D eigenvalue weighted by molar-refractivity contribution is 5.78. The fourth-order valence-corrected chi connectivity index (χ4v) is 1.67. The van der Waals surface area contributed by atoms with E-state index in [0.29, 0.717) is 31.5 Å². The molecule has 0 aliphatic heterocycles. The summed E-state index contributed by atoms with van der Waals surface area (Å²) >= 11 is 0. The standard InChI is InChI=1S/C13H23N3O/c1-10(2)11(3)15-13(17)9-16(8-4-7-14)12-5-6-12/h10-12H,4-6,8-9H2,1-3H3,(H,15,17). The summed E-state index contributed by atoms with van der Waals surface area (Å²) < 4.78 is 0. The Hall–Kier alpha value is -1.08. The third kappa shape index (κ3) is 5.18. The zero-order chi connectivity index (χ0) is 12.8. The molecule has 1 N–H and O–H groups in total. The first kappa shape index (κ1) is 14.0. The van der Waals surface area contributed by atoms with Crippen molar-refractivity contribution in [2.24, 2.45) is 5.92 Å². The van der Waals surface area contributed by atoms with E-state index in [1.807, 2.05) is 6.92 Å². The van der Waals surface area contributed by atoms with Crippen molar-refractivity contribution >= 4 is 5.91 Å². The zero-order valence-corrected chi connectivity index (χ0v) is 11.1. The molecule has 0 spiro atoms. The van der Waals surface area contributed by atoms with Crippen LogP contribution >= 0.6 is 0 Å². The Morgan fingerprint density at radius 3 is 2.59 bits per heavy atom. The maximum absolute atomic E-state index is 11.8. The fourth-order valence-electron chi connectivity index (χ4n) is 1.67. The molecular formula is C13H23N3O. The smallest absolute Gasteiger partial charge is 0.234 e. The van der Waals surface area contributed by atoms with Crippen LogP contribution in [0.3, 0.4) is 0 Å². The summed E-state index contributed by atoms with van der Waals surface area (Å²) in [5.74, 6) is 0.531. The van der Waals surface area contributed by atoms with Crippen molar-refractivity contribution in [3.63, 3.8) is 0 Å². The van der Waals surface area contributed by atoms with Crippen LogP contribution in [0.2, 0.25) is 0 Å². The number of nitrogens with one attached hydrogen (secondary N) is 1. The number of nitriles is 1. The quantitative estimate of drug-likeness (QED) is 0.730. The second-order valence-corrected chi connectivity index (χ2v) is 5.21. The van der Waals surface area contributed by atoms with E-state index in [0.717, 1.165) is 0 Å². The summed E-state index contributed by atoms with van der Waals surface area (Å²) in [5, 5.41) is 11.6. The molecule has 1 amide bonds. The van der Waals surface area contributed by atoms with Crippen LogP contribution in [-0.2, 0) is 4.79 Å². The average molecular weight is 237 g/mol. The van der Waals surface area contributed by atoms with Crippen molar-refractivity contribution in [3.8, 4) is 6.07 Å². The van der Waals surface area contributed by atoms with Crippen molar-refractivity contribution in [2.45, 2.75) is 52.1 Å². The minimum atomic E-state index is 0.0797. The summed E-state index contributed by atoms with van der Waals surface area (Å²) in [6.45, 7) is 7.37. The molecule has 0 radical (unpaired) electrons. The predicted octanol–water partition coefficient (Wildman–Crippen LogP) is 1.53. The number of hydrogen-bond acceptors (Lipinski definition) is 3. The van der Waals surface area contributed by atoms with Crippen molar-refractivity contribution in [1.29, 1.82) is 5.26 Å². The summed E-state index contributed by atoms with van der Waals surface area (Å²) in [5.41, 5.74) is 0. The van der Waals surface area contributed by atoms with Gasteiger partial charge in [-0.15, -0.1) is 0 Å². The molecule has 0 aromatic carbocycles. The normalized spacial score (nSPS) is 16.9. The third-order valence-electron chi connectivity index (χ3n) is 3.31. The Balaban J connectivity index is 2.33. The molecule has 1 saturated carbocycles. The van der Waals surface area contributed by atoms with Crippen molar-refractivity contribution in [1.82, 2.24) is 10.2 Å². The Labute approximate surface area is 104 Å². The SMILES string of the molecule is CC(C)C(C)NC(=O)CN(CCC#N)C1CC1. The molecule has 1 aliphatic carbocycles. The second-order valence-electron chi connectivity index (χ2n) is 5.21. The van der Waals surface area contributed by atoms with Crippen LogP contribution in [0.4, 0.5) is 0 Å². The average Bonchev–Trinajstić information content (AvgIpc) is 3.07. The van der Waals surface area contributed by atoms with Gasteiger partial charge in [0.2, 0.25) is 5.91 Å². The molecule has 1 unspecified atom stereocenters. The molecule has 4 heteroatoms. The number of nitrogens with zero attached hydrogens (tertiary/aromatic N) is 2. The lowest BCUT2D eigenvalue weighted by Crippen LogP contribution is -2.43. The van der Waals surface area contributed by atoms with Gasteiger partial charge in [-0.1, -0.05) is 13.8 Å². The maximum Gasteiger partial charge on any atom is 0.234 e. The number of hydrogen-bond donors (Lipinski definition) is 1. The Morgan fingerprint density at radius 1 is 1.47 bits per heavy atom. The highest BCUT2D eigenvalue weighted by atomic mass is 16.2. The van der Waals surface area contributed by atoms with E-state index in [9.17, 15) is 4.79 Å². The van der Waals surface area contributed by atoms with E-state index >= 15 is 0 Å². The Morgan fingerprint density at radius 2 is 2.12 bits per heavy atom. The minimum Gasteiger partial charge on any atom is -0.352 e. The number of amides is 1. The van der Waals surface area contributed by atoms with E-state index < -0.39 is 0 Å². The maximum atomic E-state index is 11.8. The highest BCUT2D eigenvalue weighted by Crippen LogP contribution is 2.26. The number of carbonyl (C=O) groups excluding carboxylic acids is 1. The monoisotopic (exact) mass is 237 g/mol. The van der Waals surface area contributed by atoms with Crippen LogP contribution < -0.4 is 5.32 Å². The first-order chi connectivity index (χ1) is 8.04. The van der Waals surface area contributed by atoms with Gasteiger partial charge in [-0.05, 0) is 25.7 Å². The Bertz CT molecular complexity index is 292. The molecule has 4 nitrogen and oxygen atoms in total. The number of rotatable bonds is 7. The first-order valence-corrected chi connectivity index (χ1v) is 6.45. The zero-order valence-electron chi connectivity index (χ0n) is 11.1. The van der Waals surface area contributed by atoms with Crippen LogP contribution in [0.5, 0.6) is 0 Å². The van der Waals surface area contributed by atoms with Crippen LogP contribution in [0, 0.1) is 17.2 Å². The molecule has 96 valence electrons. The molecule has 17 heavy (non-hydrogen) atoms. The van der Waals surface area contributed by atoms with Gasteiger partial charge in [0.25, 0.3) is 0 Å². The second kappa shape index (κ2) is 6.61. The molecule has 0 bridgehead atoms. The summed E-state index contributed by atoms with van der Waals surface area (Å²) in [4.78, 5) is 14.0. The van der Waals surface area contributed by atoms with Crippen molar-refractivity contribution in [2.75, 3.05) is 13.1 Å². The molecule has 0 aromatic rings. The topological polar surface area (TPSA) is 56.1 Å². The van der Waals surface area contributed by atoms with Gasteiger partial charge in [-0.25, -0.2) is 0 Å². The molecule has 1 aliphatic rings. The third-order valence-corrected chi connectivity index (χ3v) is 3.31. The van der Waals surface area contributed by atoms with E-state index in [4.69, 9.17) is 5.26 Å². The van der Waals surface area contributed by atoms with Crippen LogP contribution in [0.25, 0.3) is 0 Å². The van der Waals surface area contributed by atoms with Gasteiger partial charge in [0.15, 0.2) is 0 Å². The van der Waals surface area contributed by atoms with Crippen molar-refractivity contribution < 1.29 is 4.79 Å². The van der Waals surface area contributed by atoms with E-state index in [1.165, 1.54) is 12.8 Å². The largest absolute Gasteiger partial charge is 0.352 e. The van der Waals surface area contributed by atoms with Gasteiger partial charge in [0.1, 0.15) is 0 Å². The Kier molecular flexibility index (Phi) is 5.43. The van der Waals surface area contributed by atoms with Crippen LogP contribution in [0.1, 0.15) is 40.0 Å². The van der Waals surface area contributed by atoms with Gasteiger partial charge in [0, 0.05) is 25.0 Å². The molecule has 0 aromatic heterocycles. The highest BCUT2D eigenvalue weighted by Gasteiger charge is 2.30. The summed E-state index contributed by atoms with van der Waals surface area (Å²) in [6.07, 6.45) is 2.83. The molecule has 0 saturated heterocycles. The molecule has 1 rings (SSSR count). The van der Waals surface area contributed by atoms with Crippen LogP contribution in [-0.4, -0.2) is 36.0 Å². The number of carbonyl (C=O) groups is 1. The lowest BCUT2D eigenvalue weighted by Gasteiger charge is -2.23. The minimum absolute atomic E-state index is 0.0797. The molecule has 0 heterocycles. The lowest BCUT2D eigenvalue weighted by atomic mass is 10.1. The van der Waals surface area contributed by atoms with E-state index in [2.05, 4.69) is 30.1 Å². The first-order valence-electron chi connectivity index (χ1n) is 6.45. The molecule has 1 fully saturated rings. The van der Waals surface area contributed by atoms with E-state index in [-0.39, 0.29) is 11.9 Å². The molecular weight excluding hydrogens is 214 g/mol. The summed E-state index contributed by atoms with van der Waals surface area (Å²) in [7, 11) is 0.